The Morgan fingerprint density at radius 2 is 2.13 bits per heavy atom. The van der Waals surface area contributed by atoms with Crippen LogP contribution in [0.15, 0.2) is 5.16 Å². The standard InChI is InChI=1S/C19H25N5O4S3/c1-10(17(26)21-18-15(16(20)25)12-4-3-5-13(12)30-18)29-19-23-22-14(24(19)2)8-11-6-7-31(27,28)9-11/h10-11H,3-9H2,1-2H3,(H2,20,25)(H,21,26)/t10-,11-/m1/s1. The van der Waals surface area contributed by atoms with Crippen molar-refractivity contribution in [1.82, 2.24) is 14.8 Å². The van der Waals surface area contributed by atoms with Gasteiger partial charge in [0.05, 0.1) is 22.3 Å². The highest BCUT2D eigenvalue weighted by Gasteiger charge is 2.30. The highest BCUT2D eigenvalue weighted by molar-refractivity contribution is 8.00. The number of sulfone groups is 1. The molecule has 1 saturated heterocycles. The number of primary amides is 1. The van der Waals surface area contributed by atoms with Crippen molar-refractivity contribution < 1.29 is 18.0 Å². The molecule has 0 unspecified atom stereocenters. The molecule has 31 heavy (non-hydrogen) atoms. The molecule has 4 rings (SSSR count). The average Bonchev–Trinajstić information content (AvgIpc) is 3.42. The Labute approximate surface area is 189 Å². The number of thiophene rings is 1. The van der Waals surface area contributed by atoms with Gasteiger partial charge in [0, 0.05) is 18.3 Å². The minimum Gasteiger partial charge on any atom is -0.365 e. The van der Waals surface area contributed by atoms with Gasteiger partial charge in [-0.1, -0.05) is 11.8 Å². The lowest BCUT2D eigenvalue weighted by atomic mass is 10.1. The number of aromatic nitrogens is 3. The molecule has 2 amide bonds. The van der Waals surface area contributed by atoms with Gasteiger partial charge < -0.3 is 15.6 Å². The normalized spacial score (nSPS) is 20.5. The van der Waals surface area contributed by atoms with Crippen LogP contribution in [-0.2, 0) is 40.9 Å². The highest BCUT2D eigenvalue weighted by atomic mass is 32.2. The van der Waals surface area contributed by atoms with E-state index < -0.39 is 21.0 Å². The second kappa shape index (κ2) is 8.55. The van der Waals surface area contributed by atoms with Crippen molar-refractivity contribution in [2.45, 2.75) is 49.4 Å². The van der Waals surface area contributed by atoms with E-state index in [1.54, 1.807) is 6.92 Å². The first-order chi connectivity index (χ1) is 14.6. The first-order valence-electron chi connectivity index (χ1n) is 10.1. The number of nitrogens with two attached hydrogens (primary N) is 1. The van der Waals surface area contributed by atoms with Gasteiger partial charge in [0.1, 0.15) is 10.8 Å². The quantitative estimate of drug-likeness (QED) is 0.570. The smallest absolute Gasteiger partial charge is 0.251 e. The van der Waals surface area contributed by atoms with Crippen LogP contribution in [0.1, 0.15) is 46.4 Å². The van der Waals surface area contributed by atoms with Gasteiger partial charge >= 0.3 is 0 Å². The van der Waals surface area contributed by atoms with Crippen molar-refractivity contribution in [3.05, 3.63) is 21.8 Å². The average molecular weight is 484 g/mol. The number of nitrogens with one attached hydrogen (secondary N) is 1. The summed E-state index contributed by atoms with van der Waals surface area (Å²) in [6.45, 7) is 1.77. The molecule has 0 saturated carbocycles. The molecule has 1 aliphatic heterocycles. The molecule has 168 valence electrons. The zero-order valence-corrected chi connectivity index (χ0v) is 19.8. The summed E-state index contributed by atoms with van der Waals surface area (Å²) in [6.07, 6.45) is 3.91. The molecule has 2 aromatic rings. The largest absolute Gasteiger partial charge is 0.365 e. The summed E-state index contributed by atoms with van der Waals surface area (Å²) in [5, 5.41) is 11.9. The first kappa shape index (κ1) is 22.3. The van der Waals surface area contributed by atoms with Crippen LogP contribution < -0.4 is 11.1 Å². The van der Waals surface area contributed by atoms with Crippen molar-refractivity contribution in [2.75, 3.05) is 16.8 Å². The van der Waals surface area contributed by atoms with Gasteiger partial charge in [0.25, 0.3) is 5.91 Å². The third-order valence-corrected chi connectivity index (χ3v) is 9.96. The number of anilines is 1. The number of hydrogen-bond donors (Lipinski definition) is 2. The van der Waals surface area contributed by atoms with Crippen LogP contribution in [0.5, 0.6) is 0 Å². The summed E-state index contributed by atoms with van der Waals surface area (Å²) in [7, 11) is -1.12. The minimum absolute atomic E-state index is 0.0551. The number of aryl methyl sites for hydroxylation is 1. The maximum absolute atomic E-state index is 12.8. The maximum atomic E-state index is 12.8. The zero-order chi connectivity index (χ0) is 22.3. The third kappa shape index (κ3) is 4.65. The molecule has 12 heteroatoms. The molecule has 0 aromatic carbocycles. The van der Waals surface area contributed by atoms with Crippen LogP contribution in [0, 0.1) is 5.92 Å². The van der Waals surface area contributed by atoms with Crippen molar-refractivity contribution >= 4 is 49.8 Å². The fraction of sp³-hybridized carbons (Fsp3) is 0.579. The van der Waals surface area contributed by atoms with Crippen molar-refractivity contribution in [2.24, 2.45) is 18.7 Å². The Hall–Kier alpha value is -1.92. The molecule has 2 aromatic heterocycles. The van der Waals surface area contributed by atoms with Crippen molar-refractivity contribution in [3.63, 3.8) is 0 Å². The van der Waals surface area contributed by atoms with E-state index in [-0.39, 0.29) is 23.3 Å². The number of fused-ring (bicyclic) bond motifs is 1. The topological polar surface area (TPSA) is 137 Å². The third-order valence-electron chi connectivity index (χ3n) is 5.78. The molecule has 1 fully saturated rings. The molecule has 0 radical (unpaired) electrons. The predicted molar refractivity (Wildman–Crippen MR) is 120 cm³/mol. The Morgan fingerprint density at radius 1 is 1.35 bits per heavy atom. The lowest BCUT2D eigenvalue weighted by Crippen LogP contribution is -2.24. The van der Waals surface area contributed by atoms with E-state index in [9.17, 15) is 18.0 Å². The van der Waals surface area contributed by atoms with Gasteiger partial charge in [-0.3, -0.25) is 9.59 Å². The molecule has 3 N–H and O–H groups in total. The fourth-order valence-electron chi connectivity index (χ4n) is 4.09. The Kier molecular flexibility index (Phi) is 6.14. The lowest BCUT2D eigenvalue weighted by Gasteiger charge is -2.12. The van der Waals surface area contributed by atoms with E-state index in [4.69, 9.17) is 5.73 Å². The Morgan fingerprint density at radius 3 is 2.81 bits per heavy atom. The lowest BCUT2D eigenvalue weighted by molar-refractivity contribution is -0.115. The molecule has 9 nitrogen and oxygen atoms in total. The molecular weight excluding hydrogens is 458 g/mol. The SMILES string of the molecule is C[C@@H](Sc1nnc(C[C@H]2CCS(=O)(=O)C2)n1C)C(=O)Nc1sc2c(c1C(N)=O)CCC2. The van der Waals surface area contributed by atoms with E-state index in [0.717, 1.165) is 29.7 Å². The van der Waals surface area contributed by atoms with Crippen molar-refractivity contribution in [3.8, 4) is 0 Å². The van der Waals surface area contributed by atoms with E-state index >= 15 is 0 Å². The number of hydrogen-bond acceptors (Lipinski definition) is 8. The summed E-state index contributed by atoms with van der Waals surface area (Å²) in [5.41, 5.74) is 6.98. The van der Waals surface area contributed by atoms with Crippen LogP contribution in [-0.4, -0.2) is 51.8 Å². The summed E-state index contributed by atoms with van der Waals surface area (Å²) >= 11 is 2.70. The molecule has 2 aliphatic rings. The molecule has 0 bridgehead atoms. The monoisotopic (exact) mass is 483 g/mol. The van der Waals surface area contributed by atoms with Crippen LogP contribution in [0.4, 0.5) is 5.00 Å². The second-order valence-corrected chi connectivity index (χ2v) is 12.7. The van der Waals surface area contributed by atoms with Crippen LogP contribution >= 0.6 is 23.1 Å². The number of carbonyl (C=O) groups excluding carboxylic acids is 2. The van der Waals surface area contributed by atoms with Crippen LogP contribution in [0.2, 0.25) is 0 Å². The summed E-state index contributed by atoms with van der Waals surface area (Å²) in [4.78, 5) is 25.8. The molecule has 0 spiro atoms. The van der Waals surface area contributed by atoms with E-state index in [0.29, 0.717) is 34.4 Å². The molecule has 2 atom stereocenters. The van der Waals surface area contributed by atoms with Crippen molar-refractivity contribution in [1.29, 1.82) is 0 Å². The van der Waals surface area contributed by atoms with Gasteiger partial charge in [-0.15, -0.1) is 21.5 Å². The molecular formula is C19H25N5O4S3. The van der Waals surface area contributed by atoms with E-state index in [1.165, 1.54) is 23.1 Å². The van der Waals surface area contributed by atoms with Gasteiger partial charge in [-0.2, -0.15) is 0 Å². The van der Waals surface area contributed by atoms with E-state index in [2.05, 4.69) is 15.5 Å². The molecule has 3 heterocycles. The number of nitrogens with zero attached hydrogens (tertiary/aromatic N) is 3. The first-order valence-corrected chi connectivity index (χ1v) is 13.7. The summed E-state index contributed by atoms with van der Waals surface area (Å²) in [6, 6.07) is 0. The van der Waals surface area contributed by atoms with Gasteiger partial charge in [0.15, 0.2) is 15.0 Å². The van der Waals surface area contributed by atoms with Gasteiger partial charge in [-0.25, -0.2) is 8.42 Å². The van der Waals surface area contributed by atoms with E-state index in [1.807, 2.05) is 11.6 Å². The predicted octanol–water partition coefficient (Wildman–Crippen LogP) is 1.56. The van der Waals surface area contributed by atoms with Gasteiger partial charge in [0.2, 0.25) is 5.91 Å². The highest BCUT2D eigenvalue weighted by Crippen LogP contribution is 2.39. The zero-order valence-electron chi connectivity index (χ0n) is 17.4. The number of thioether (sulfide) groups is 1. The maximum Gasteiger partial charge on any atom is 0.251 e. The van der Waals surface area contributed by atoms with Gasteiger partial charge in [-0.05, 0) is 44.1 Å². The second-order valence-electron chi connectivity index (χ2n) is 8.11. The Bertz CT molecular complexity index is 1140. The fourth-order valence-corrected chi connectivity index (χ4v) is 8.09. The summed E-state index contributed by atoms with van der Waals surface area (Å²) in [5.74, 6) is 0.435. The molecule has 1 aliphatic carbocycles. The minimum atomic E-state index is -2.94. The Balaban J connectivity index is 1.41. The number of carbonyl (C=O) groups is 2. The number of rotatable bonds is 7. The van der Waals surface area contributed by atoms with Crippen LogP contribution in [0.25, 0.3) is 0 Å². The summed E-state index contributed by atoms with van der Waals surface area (Å²) < 4.78 is 25.2. The van der Waals surface area contributed by atoms with Crippen LogP contribution in [0.3, 0.4) is 0 Å². The number of amides is 2.